The van der Waals surface area contributed by atoms with Crippen LogP contribution in [0.4, 0.5) is 0 Å². The van der Waals surface area contributed by atoms with Gasteiger partial charge in [0, 0.05) is 24.9 Å². The van der Waals surface area contributed by atoms with Gasteiger partial charge in [0.2, 0.25) is 10.0 Å². The number of oxazole rings is 1. The molecule has 0 unspecified atom stereocenters. The molecule has 0 saturated carbocycles. The summed E-state index contributed by atoms with van der Waals surface area (Å²) in [6.07, 6.45) is 0.546. The predicted octanol–water partition coefficient (Wildman–Crippen LogP) is 2.85. The van der Waals surface area contributed by atoms with Crippen LogP contribution in [0.25, 0.3) is 11.1 Å². The van der Waals surface area contributed by atoms with Crippen molar-refractivity contribution in [2.75, 3.05) is 25.6 Å². The second-order valence-electron chi connectivity index (χ2n) is 4.39. The first-order valence-electron chi connectivity index (χ1n) is 5.97. The number of nitrogens with zero attached hydrogens (tertiary/aromatic N) is 2. The average molecular weight is 335 g/mol. The quantitative estimate of drug-likeness (QED) is 0.600. The van der Waals surface area contributed by atoms with Gasteiger partial charge in [0.15, 0.2) is 5.58 Å². The number of fused-ring (bicyclic) bond motifs is 1. The zero-order valence-electron chi connectivity index (χ0n) is 11.2. The van der Waals surface area contributed by atoms with E-state index in [0.29, 0.717) is 33.5 Å². The second-order valence-corrected chi connectivity index (χ2v) is 8.18. The summed E-state index contributed by atoms with van der Waals surface area (Å²) in [4.78, 5) is 4.29. The zero-order valence-corrected chi connectivity index (χ0v) is 13.6. The van der Waals surface area contributed by atoms with Crippen LogP contribution in [-0.2, 0) is 10.0 Å². The molecular formula is C12H15ClN2O3S2. The third-order valence-corrected chi connectivity index (χ3v) is 5.73. The van der Waals surface area contributed by atoms with Gasteiger partial charge < -0.3 is 4.42 Å². The van der Waals surface area contributed by atoms with E-state index < -0.39 is 10.0 Å². The zero-order chi connectivity index (χ0) is 14.8. The standard InChI is InChI=1S/C12H15ClN2O3S2/c1-15(2)20(16,17)7-3-6-19-12-14-10-8-9(13)4-5-11(10)18-12/h4-5,8H,3,6-7H2,1-2H3. The Bertz CT molecular complexity index is 698. The fourth-order valence-electron chi connectivity index (χ4n) is 1.52. The lowest BCUT2D eigenvalue weighted by atomic mass is 10.3. The smallest absolute Gasteiger partial charge is 0.256 e. The summed E-state index contributed by atoms with van der Waals surface area (Å²) in [6.45, 7) is 0. The molecule has 0 atom stereocenters. The van der Waals surface area contributed by atoms with Crippen LogP contribution in [-0.4, -0.2) is 43.3 Å². The predicted molar refractivity (Wildman–Crippen MR) is 81.8 cm³/mol. The number of hydrogen-bond acceptors (Lipinski definition) is 5. The van der Waals surface area contributed by atoms with E-state index in [2.05, 4.69) is 4.98 Å². The SMILES string of the molecule is CN(C)S(=O)(=O)CCCSc1nc2cc(Cl)ccc2o1. The van der Waals surface area contributed by atoms with Crippen molar-refractivity contribution in [1.29, 1.82) is 0 Å². The number of thioether (sulfide) groups is 1. The minimum Gasteiger partial charge on any atom is -0.431 e. The molecule has 0 aliphatic rings. The van der Waals surface area contributed by atoms with Crippen LogP contribution in [0.15, 0.2) is 27.8 Å². The van der Waals surface area contributed by atoms with E-state index in [1.165, 1.54) is 30.2 Å². The first kappa shape index (κ1) is 15.6. The molecule has 1 heterocycles. The summed E-state index contributed by atoms with van der Waals surface area (Å²) in [5.41, 5.74) is 1.39. The van der Waals surface area contributed by atoms with Crippen molar-refractivity contribution in [1.82, 2.24) is 9.29 Å². The third kappa shape index (κ3) is 3.88. The van der Waals surface area contributed by atoms with Crippen LogP contribution in [0.2, 0.25) is 5.02 Å². The molecule has 0 saturated heterocycles. The number of sulfonamides is 1. The van der Waals surface area contributed by atoms with Gasteiger partial charge in [-0.15, -0.1) is 0 Å². The van der Waals surface area contributed by atoms with E-state index in [4.69, 9.17) is 16.0 Å². The highest BCUT2D eigenvalue weighted by atomic mass is 35.5. The van der Waals surface area contributed by atoms with Gasteiger partial charge in [-0.25, -0.2) is 17.7 Å². The molecule has 1 aromatic heterocycles. The Hall–Kier alpha value is -0.760. The van der Waals surface area contributed by atoms with Crippen molar-refractivity contribution < 1.29 is 12.8 Å². The lowest BCUT2D eigenvalue weighted by Crippen LogP contribution is -2.25. The summed E-state index contributed by atoms with van der Waals surface area (Å²) in [5, 5.41) is 1.14. The maximum absolute atomic E-state index is 11.6. The molecule has 0 aliphatic heterocycles. The van der Waals surface area contributed by atoms with Crippen LogP contribution < -0.4 is 0 Å². The Labute approximate surface area is 127 Å². The Morgan fingerprint density at radius 1 is 1.40 bits per heavy atom. The average Bonchev–Trinajstić information content (AvgIpc) is 2.76. The van der Waals surface area contributed by atoms with Crippen molar-refractivity contribution >= 4 is 44.5 Å². The molecule has 0 spiro atoms. The molecule has 0 N–H and O–H groups in total. The topological polar surface area (TPSA) is 63.4 Å². The van der Waals surface area contributed by atoms with E-state index in [9.17, 15) is 8.42 Å². The molecule has 1 aromatic carbocycles. The van der Waals surface area contributed by atoms with Gasteiger partial charge in [0.05, 0.1) is 5.75 Å². The molecule has 2 rings (SSSR count). The van der Waals surface area contributed by atoms with Gasteiger partial charge in [-0.05, 0) is 24.6 Å². The monoisotopic (exact) mass is 334 g/mol. The number of hydrogen-bond donors (Lipinski definition) is 0. The van der Waals surface area contributed by atoms with Crippen LogP contribution >= 0.6 is 23.4 Å². The number of benzene rings is 1. The van der Waals surface area contributed by atoms with E-state index in [1.54, 1.807) is 18.2 Å². The lowest BCUT2D eigenvalue weighted by Gasteiger charge is -2.09. The Balaban J connectivity index is 1.90. The van der Waals surface area contributed by atoms with Gasteiger partial charge in [-0.2, -0.15) is 0 Å². The number of aromatic nitrogens is 1. The van der Waals surface area contributed by atoms with Crippen LogP contribution in [0.3, 0.4) is 0 Å². The molecule has 0 amide bonds. The fraction of sp³-hybridized carbons (Fsp3) is 0.417. The van der Waals surface area contributed by atoms with E-state index >= 15 is 0 Å². The molecule has 0 bridgehead atoms. The molecule has 20 heavy (non-hydrogen) atoms. The lowest BCUT2D eigenvalue weighted by molar-refractivity contribution is 0.489. The Morgan fingerprint density at radius 3 is 2.85 bits per heavy atom. The van der Waals surface area contributed by atoms with Gasteiger partial charge >= 0.3 is 0 Å². The number of halogens is 1. The van der Waals surface area contributed by atoms with Crippen molar-refractivity contribution in [3.8, 4) is 0 Å². The molecule has 110 valence electrons. The largest absolute Gasteiger partial charge is 0.431 e. The first-order chi connectivity index (χ1) is 9.38. The van der Waals surface area contributed by atoms with E-state index in [-0.39, 0.29) is 5.75 Å². The Morgan fingerprint density at radius 2 is 2.15 bits per heavy atom. The summed E-state index contributed by atoms with van der Waals surface area (Å²) in [6, 6.07) is 5.25. The minimum absolute atomic E-state index is 0.124. The maximum Gasteiger partial charge on any atom is 0.256 e. The first-order valence-corrected chi connectivity index (χ1v) is 8.95. The molecule has 5 nitrogen and oxygen atoms in total. The maximum atomic E-state index is 11.6. The summed E-state index contributed by atoms with van der Waals surface area (Å²) >= 11 is 7.28. The highest BCUT2D eigenvalue weighted by Gasteiger charge is 2.13. The molecule has 2 aromatic rings. The van der Waals surface area contributed by atoms with E-state index in [0.717, 1.165) is 0 Å². The van der Waals surface area contributed by atoms with Crippen molar-refractivity contribution in [2.24, 2.45) is 0 Å². The van der Waals surface area contributed by atoms with E-state index in [1.807, 2.05) is 0 Å². The van der Waals surface area contributed by atoms with Crippen molar-refractivity contribution in [3.63, 3.8) is 0 Å². The molecule has 0 radical (unpaired) electrons. The molecule has 0 fully saturated rings. The molecule has 0 aliphatic carbocycles. The van der Waals surface area contributed by atoms with Crippen molar-refractivity contribution in [2.45, 2.75) is 11.6 Å². The summed E-state index contributed by atoms with van der Waals surface area (Å²) < 4.78 is 29.9. The summed E-state index contributed by atoms with van der Waals surface area (Å²) in [5.74, 6) is 0.757. The Kier molecular flexibility index (Phi) is 4.95. The highest BCUT2D eigenvalue weighted by Crippen LogP contribution is 2.25. The summed E-state index contributed by atoms with van der Waals surface area (Å²) in [7, 11) is -0.0618. The van der Waals surface area contributed by atoms with Crippen molar-refractivity contribution in [3.05, 3.63) is 23.2 Å². The number of rotatable bonds is 6. The van der Waals surface area contributed by atoms with Gasteiger partial charge in [0.1, 0.15) is 5.52 Å². The molecular weight excluding hydrogens is 320 g/mol. The highest BCUT2D eigenvalue weighted by molar-refractivity contribution is 7.99. The fourth-order valence-corrected chi connectivity index (χ4v) is 3.52. The van der Waals surface area contributed by atoms with Gasteiger partial charge in [-0.1, -0.05) is 23.4 Å². The van der Waals surface area contributed by atoms with Gasteiger partial charge in [-0.3, -0.25) is 0 Å². The third-order valence-electron chi connectivity index (χ3n) is 2.66. The molecule has 8 heteroatoms. The van der Waals surface area contributed by atoms with Crippen LogP contribution in [0.5, 0.6) is 0 Å². The van der Waals surface area contributed by atoms with Crippen LogP contribution in [0.1, 0.15) is 6.42 Å². The normalized spacial score (nSPS) is 12.4. The van der Waals surface area contributed by atoms with Gasteiger partial charge in [0.25, 0.3) is 5.22 Å². The minimum atomic E-state index is -3.13. The second kappa shape index (κ2) is 6.34. The van der Waals surface area contributed by atoms with Crippen LogP contribution in [0, 0.1) is 0 Å².